The van der Waals surface area contributed by atoms with Crippen LogP contribution >= 0.6 is 24.4 Å². The number of carbonyl (C=O) groups is 1. The molecule has 206 valence electrons. The number of hydrogen-bond acceptors (Lipinski definition) is 9. The van der Waals surface area contributed by atoms with Gasteiger partial charge >= 0.3 is 5.97 Å². The van der Waals surface area contributed by atoms with Crippen molar-refractivity contribution in [2.45, 2.75) is 59.7 Å². The highest BCUT2D eigenvalue weighted by atomic mass is 32.1. The van der Waals surface area contributed by atoms with Gasteiger partial charge in [0.25, 0.3) is 0 Å². The number of carbonyl (C=O) groups excluding carboxylic acids is 1. The third-order valence-electron chi connectivity index (χ3n) is 5.69. The standard InChI is InChI=1S/C24H36N4O7S2/c1-23(2,10-15-9-16(29)17(30)12-33-15)5-7-25-21(36)27-14-28-22(37)26-8-6-24(3,4)11-19-34-13-18(31)20(32)35-19/h9,12-13,19,30-31H,5-8,10-11,14H2,1-4H3,(H2,25,27,36)(H2,26,28,37). The molecule has 1 aliphatic rings. The lowest BCUT2D eigenvalue weighted by atomic mass is 9.84. The maximum Gasteiger partial charge on any atom is 0.379 e. The van der Waals surface area contributed by atoms with Gasteiger partial charge in [0.1, 0.15) is 18.3 Å². The third-order valence-corrected chi connectivity index (χ3v) is 6.27. The largest absolute Gasteiger partial charge is 0.502 e. The number of aromatic hydroxyl groups is 1. The van der Waals surface area contributed by atoms with Gasteiger partial charge in [-0.15, -0.1) is 0 Å². The van der Waals surface area contributed by atoms with Crippen molar-refractivity contribution in [1.82, 2.24) is 21.3 Å². The molecule has 0 saturated heterocycles. The molecule has 0 spiro atoms. The van der Waals surface area contributed by atoms with E-state index >= 15 is 0 Å². The van der Waals surface area contributed by atoms with Crippen molar-refractivity contribution >= 4 is 40.6 Å². The highest BCUT2D eigenvalue weighted by Gasteiger charge is 2.30. The number of rotatable bonds is 12. The van der Waals surface area contributed by atoms with Crippen molar-refractivity contribution in [3.05, 3.63) is 40.3 Å². The monoisotopic (exact) mass is 556 g/mol. The Bertz CT molecular complexity index is 1060. The molecule has 1 aliphatic heterocycles. The van der Waals surface area contributed by atoms with E-state index in [1.54, 1.807) is 0 Å². The van der Waals surface area contributed by atoms with Crippen LogP contribution in [-0.4, -0.2) is 52.5 Å². The van der Waals surface area contributed by atoms with Crippen LogP contribution in [0.2, 0.25) is 0 Å². The number of aliphatic hydroxyl groups excluding tert-OH is 1. The highest BCUT2D eigenvalue weighted by Crippen LogP contribution is 2.29. The molecular weight excluding hydrogens is 520 g/mol. The molecule has 11 nitrogen and oxygen atoms in total. The maximum absolute atomic E-state index is 11.6. The molecule has 0 aliphatic carbocycles. The lowest BCUT2D eigenvalue weighted by Crippen LogP contribution is -2.46. The Morgan fingerprint density at radius 1 is 0.973 bits per heavy atom. The number of aliphatic hydroxyl groups is 1. The van der Waals surface area contributed by atoms with Crippen molar-refractivity contribution < 1.29 is 28.9 Å². The molecule has 1 aromatic rings. The van der Waals surface area contributed by atoms with Crippen LogP contribution in [-0.2, 0) is 20.7 Å². The van der Waals surface area contributed by atoms with Crippen LogP contribution in [0.25, 0.3) is 0 Å². The van der Waals surface area contributed by atoms with E-state index in [1.807, 2.05) is 13.8 Å². The summed E-state index contributed by atoms with van der Waals surface area (Å²) in [5.41, 5.74) is -0.819. The molecule has 13 heteroatoms. The number of thiocarbonyl (C=S) groups is 2. The Balaban J connectivity index is 1.58. The first-order valence-electron chi connectivity index (χ1n) is 11.9. The smallest absolute Gasteiger partial charge is 0.379 e. The van der Waals surface area contributed by atoms with Crippen LogP contribution in [0, 0.1) is 10.8 Å². The Labute approximate surface area is 227 Å². The summed E-state index contributed by atoms with van der Waals surface area (Å²) in [6, 6.07) is 1.31. The van der Waals surface area contributed by atoms with Crippen molar-refractivity contribution in [2.24, 2.45) is 10.8 Å². The minimum Gasteiger partial charge on any atom is -0.502 e. The van der Waals surface area contributed by atoms with E-state index < -0.39 is 29.2 Å². The van der Waals surface area contributed by atoms with Crippen LogP contribution in [0.3, 0.4) is 0 Å². The van der Waals surface area contributed by atoms with Gasteiger partial charge in [0, 0.05) is 32.0 Å². The SMILES string of the molecule is CC(C)(CCNC(=S)NCNC(=S)NCCC(C)(C)CC1OC=C(O)C(=O)O1)Cc1cc(=O)c(O)co1. The Kier molecular flexibility index (Phi) is 11.0. The predicted molar refractivity (Wildman–Crippen MR) is 146 cm³/mol. The molecule has 0 aromatic carbocycles. The van der Waals surface area contributed by atoms with E-state index in [0.29, 0.717) is 48.6 Å². The number of esters is 1. The zero-order chi connectivity index (χ0) is 27.6. The molecular formula is C24H36N4O7S2. The van der Waals surface area contributed by atoms with E-state index in [-0.39, 0.29) is 10.8 Å². The zero-order valence-electron chi connectivity index (χ0n) is 21.5. The first-order chi connectivity index (χ1) is 17.3. The van der Waals surface area contributed by atoms with Crippen LogP contribution in [0.4, 0.5) is 0 Å². The average Bonchev–Trinajstić information content (AvgIpc) is 2.78. The van der Waals surface area contributed by atoms with Crippen molar-refractivity contribution in [2.75, 3.05) is 19.8 Å². The maximum atomic E-state index is 11.6. The minimum absolute atomic E-state index is 0.156. The molecule has 0 saturated carbocycles. The van der Waals surface area contributed by atoms with Gasteiger partial charge < -0.3 is 45.4 Å². The summed E-state index contributed by atoms with van der Waals surface area (Å²) < 4.78 is 15.5. The first-order valence-corrected chi connectivity index (χ1v) is 12.7. The van der Waals surface area contributed by atoms with Gasteiger partial charge in [0.2, 0.25) is 17.5 Å². The Morgan fingerprint density at radius 2 is 1.57 bits per heavy atom. The van der Waals surface area contributed by atoms with Gasteiger partial charge in [-0.05, 0) is 48.1 Å². The van der Waals surface area contributed by atoms with Gasteiger partial charge in [-0.2, -0.15) is 0 Å². The molecule has 1 unspecified atom stereocenters. The molecule has 37 heavy (non-hydrogen) atoms. The summed E-state index contributed by atoms with van der Waals surface area (Å²) in [5.74, 6) is -1.21. The van der Waals surface area contributed by atoms with E-state index in [2.05, 4.69) is 35.1 Å². The van der Waals surface area contributed by atoms with Crippen molar-refractivity contribution in [3.63, 3.8) is 0 Å². The van der Waals surface area contributed by atoms with Crippen LogP contribution < -0.4 is 26.7 Å². The number of ether oxygens (including phenoxy) is 2. The molecule has 2 rings (SSSR count). The lowest BCUT2D eigenvalue weighted by molar-refractivity contribution is -0.180. The van der Waals surface area contributed by atoms with Gasteiger partial charge in [-0.25, -0.2) is 4.79 Å². The molecule has 2 heterocycles. The topological polar surface area (TPSA) is 154 Å². The molecule has 0 amide bonds. The minimum atomic E-state index is -0.789. The van der Waals surface area contributed by atoms with Crippen LogP contribution in [0.1, 0.15) is 52.7 Å². The van der Waals surface area contributed by atoms with Crippen molar-refractivity contribution in [3.8, 4) is 5.75 Å². The van der Waals surface area contributed by atoms with Crippen molar-refractivity contribution in [1.29, 1.82) is 0 Å². The lowest BCUT2D eigenvalue weighted by Gasteiger charge is -2.30. The summed E-state index contributed by atoms with van der Waals surface area (Å²) >= 11 is 10.6. The summed E-state index contributed by atoms with van der Waals surface area (Å²) in [6.07, 6.45) is 3.85. The van der Waals surface area contributed by atoms with Gasteiger partial charge in [-0.3, -0.25) is 4.79 Å². The normalized spacial score (nSPS) is 15.6. The van der Waals surface area contributed by atoms with Gasteiger partial charge in [-0.1, -0.05) is 27.7 Å². The third kappa shape index (κ3) is 11.3. The molecule has 6 N–H and O–H groups in total. The van der Waals surface area contributed by atoms with Gasteiger partial charge in [0.15, 0.2) is 16.0 Å². The Hall–Kier alpha value is -3.06. The summed E-state index contributed by atoms with van der Waals surface area (Å²) in [4.78, 5) is 23.0. The molecule has 0 bridgehead atoms. The van der Waals surface area contributed by atoms with Crippen LogP contribution in [0.5, 0.6) is 5.75 Å². The fourth-order valence-electron chi connectivity index (χ4n) is 3.49. The number of hydrogen-bond donors (Lipinski definition) is 6. The molecule has 1 aromatic heterocycles. The predicted octanol–water partition coefficient (Wildman–Crippen LogP) is 2.30. The first kappa shape index (κ1) is 30.2. The Morgan fingerprint density at radius 3 is 2.14 bits per heavy atom. The van der Waals surface area contributed by atoms with E-state index in [4.69, 9.17) is 38.3 Å². The fraction of sp³-hybridized carbons (Fsp3) is 0.583. The van der Waals surface area contributed by atoms with E-state index in [9.17, 15) is 19.8 Å². The second-order valence-electron chi connectivity index (χ2n) is 10.3. The number of cyclic esters (lactones) is 1. The average molecular weight is 557 g/mol. The highest BCUT2D eigenvalue weighted by molar-refractivity contribution is 7.80. The molecule has 0 radical (unpaired) electrons. The van der Waals surface area contributed by atoms with Crippen LogP contribution in [0.15, 0.2) is 33.6 Å². The summed E-state index contributed by atoms with van der Waals surface area (Å²) in [6.45, 7) is 9.71. The zero-order valence-corrected chi connectivity index (χ0v) is 23.1. The van der Waals surface area contributed by atoms with E-state index in [1.165, 1.54) is 6.07 Å². The molecule has 0 fully saturated rings. The quantitative estimate of drug-likeness (QED) is 0.127. The second-order valence-corrected chi connectivity index (χ2v) is 11.1. The molecule has 1 atom stereocenters. The fourth-order valence-corrected chi connectivity index (χ4v) is 3.84. The number of nitrogens with one attached hydrogen (secondary N) is 4. The summed E-state index contributed by atoms with van der Waals surface area (Å²) in [5, 5.41) is 31.8. The van der Waals surface area contributed by atoms with E-state index in [0.717, 1.165) is 25.4 Å². The summed E-state index contributed by atoms with van der Waals surface area (Å²) in [7, 11) is 0. The second kappa shape index (κ2) is 13.5. The van der Waals surface area contributed by atoms with Gasteiger partial charge in [0.05, 0.1) is 6.67 Å².